The van der Waals surface area contributed by atoms with E-state index in [1.165, 1.54) is 16.7 Å². The number of hydrogen-bond donors (Lipinski definition) is 0. The largest absolute Gasteiger partial charge is 0.301 e. The summed E-state index contributed by atoms with van der Waals surface area (Å²) in [7, 11) is -2.76. The summed E-state index contributed by atoms with van der Waals surface area (Å²) in [6.07, 6.45) is 3.08. The molecule has 0 fully saturated rings. The first-order valence-electron chi connectivity index (χ1n) is 11.7. The first-order valence-corrected chi connectivity index (χ1v) is 13.4. The summed E-state index contributed by atoms with van der Waals surface area (Å²) in [5.74, 6) is 0. The third kappa shape index (κ3) is 4.62. The van der Waals surface area contributed by atoms with E-state index in [1.807, 2.05) is 0 Å². The molecule has 0 saturated carbocycles. The molecule has 2 aromatic carbocycles. The molecule has 0 unspecified atom stereocenters. The Labute approximate surface area is 190 Å². The van der Waals surface area contributed by atoms with Crippen molar-refractivity contribution in [2.75, 3.05) is 13.1 Å². The first-order chi connectivity index (χ1) is 14.4. The van der Waals surface area contributed by atoms with E-state index in [0.717, 1.165) is 30.4 Å². The second-order valence-electron chi connectivity index (χ2n) is 10.8. The Bertz CT molecular complexity index is 968. The Morgan fingerprint density at radius 2 is 1.26 bits per heavy atom. The van der Waals surface area contributed by atoms with Gasteiger partial charge in [-0.3, -0.25) is 0 Å². The van der Waals surface area contributed by atoms with E-state index in [1.54, 1.807) is 0 Å². The van der Waals surface area contributed by atoms with Gasteiger partial charge in [0.25, 0.3) is 0 Å². The predicted octanol–water partition coefficient (Wildman–Crippen LogP) is 8.39. The maximum Gasteiger partial charge on any atom is 0.186 e. The molecule has 0 saturated heterocycles. The highest BCUT2D eigenvalue weighted by Gasteiger charge is 2.45. The normalized spacial score (nSPS) is 22.1. The molecular weight excluding hydrogens is 397 g/mol. The van der Waals surface area contributed by atoms with Crippen LogP contribution in [0.5, 0.6) is 0 Å². The fraction of sp³-hybridized carbons (Fsp3) is 0.500. The summed E-state index contributed by atoms with van der Waals surface area (Å²) in [5, 5.41) is 1.04. The van der Waals surface area contributed by atoms with Gasteiger partial charge in [0.05, 0.1) is 5.66 Å². The standard InChI is InChI=1S/C28H40NOP/c1-9-29(10-2)31(30)25(21-11-15-23(16-12-21)27(3,4)5)19-20-26(31)22-13-17-24(18-14-22)28(6,7)8/h11-19,26H,9-10,20H2,1-8H3/t26-,31+/m1/s1. The van der Waals surface area contributed by atoms with Gasteiger partial charge in [-0.05, 0) is 39.5 Å². The number of rotatable bonds is 5. The van der Waals surface area contributed by atoms with Crippen molar-refractivity contribution in [3.63, 3.8) is 0 Å². The molecule has 3 rings (SSSR count). The topological polar surface area (TPSA) is 20.3 Å². The van der Waals surface area contributed by atoms with Crippen LogP contribution in [0.2, 0.25) is 0 Å². The molecule has 31 heavy (non-hydrogen) atoms. The molecule has 0 spiro atoms. The summed E-state index contributed by atoms with van der Waals surface area (Å²) in [5.41, 5.74) is 5.19. The molecule has 2 nitrogen and oxygen atoms in total. The van der Waals surface area contributed by atoms with Gasteiger partial charge < -0.3 is 4.57 Å². The van der Waals surface area contributed by atoms with Crippen LogP contribution in [0.4, 0.5) is 0 Å². The lowest BCUT2D eigenvalue weighted by atomic mass is 9.86. The Morgan fingerprint density at radius 1 is 0.806 bits per heavy atom. The fourth-order valence-electron chi connectivity index (χ4n) is 4.65. The van der Waals surface area contributed by atoms with Crippen LogP contribution < -0.4 is 0 Å². The summed E-state index contributed by atoms with van der Waals surface area (Å²) in [6.45, 7) is 19.2. The molecular formula is C28H40NOP. The van der Waals surface area contributed by atoms with E-state index in [2.05, 4.69) is 115 Å². The molecule has 0 amide bonds. The summed E-state index contributed by atoms with van der Waals surface area (Å²) in [6, 6.07) is 17.6. The van der Waals surface area contributed by atoms with Crippen LogP contribution in [0, 0.1) is 0 Å². The third-order valence-corrected chi connectivity index (χ3v) is 10.6. The lowest BCUT2D eigenvalue weighted by Gasteiger charge is -2.34. The van der Waals surface area contributed by atoms with E-state index < -0.39 is 7.29 Å². The lowest BCUT2D eigenvalue weighted by Crippen LogP contribution is -2.22. The molecule has 2 atom stereocenters. The zero-order valence-electron chi connectivity index (χ0n) is 20.7. The molecule has 1 aliphatic rings. The number of allylic oxidation sites excluding steroid dienone is 1. The summed E-state index contributed by atoms with van der Waals surface area (Å²) < 4.78 is 17.1. The molecule has 2 aromatic rings. The van der Waals surface area contributed by atoms with Crippen LogP contribution in [0.1, 0.15) is 89.7 Å². The molecule has 0 bridgehead atoms. The zero-order chi connectivity index (χ0) is 23.0. The van der Waals surface area contributed by atoms with Crippen LogP contribution in [0.15, 0.2) is 54.6 Å². The average molecular weight is 438 g/mol. The maximum absolute atomic E-state index is 14.9. The second-order valence-corrected chi connectivity index (χ2v) is 13.7. The van der Waals surface area contributed by atoms with E-state index in [9.17, 15) is 4.57 Å². The Balaban J connectivity index is 2.03. The van der Waals surface area contributed by atoms with E-state index in [4.69, 9.17) is 0 Å². The van der Waals surface area contributed by atoms with E-state index in [-0.39, 0.29) is 16.5 Å². The maximum atomic E-state index is 14.9. The van der Waals surface area contributed by atoms with Gasteiger partial charge in [-0.15, -0.1) is 0 Å². The molecule has 0 aromatic heterocycles. The summed E-state index contributed by atoms with van der Waals surface area (Å²) in [4.78, 5) is 0. The highest BCUT2D eigenvalue weighted by Crippen LogP contribution is 2.75. The van der Waals surface area contributed by atoms with E-state index >= 15 is 0 Å². The Morgan fingerprint density at radius 3 is 1.68 bits per heavy atom. The van der Waals surface area contributed by atoms with E-state index in [0.29, 0.717) is 0 Å². The van der Waals surface area contributed by atoms with Crippen LogP contribution in [0.25, 0.3) is 5.31 Å². The van der Waals surface area contributed by atoms with Gasteiger partial charge in [0.1, 0.15) is 0 Å². The molecule has 3 heteroatoms. The number of nitrogens with zero attached hydrogens (tertiary/aromatic N) is 1. The number of benzene rings is 2. The minimum absolute atomic E-state index is 0.0266. The monoisotopic (exact) mass is 437 g/mol. The van der Waals surface area contributed by atoms with Gasteiger partial charge in [-0.1, -0.05) is 110 Å². The SMILES string of the molecule is CCN(CC)[P@]1(=O)C(c2ccc(C(C)(C)C)cc2)=CC[C@@H]1c1ccc(C(C)(C)C)cc1. The van der Waals surface area contributed by atoms with Crippen molar-refractivity contribution in [3.8, 4) is 0 Å². The van der Waals surface area contributed by atoms with Gasteiger partial charge >= 0.3 is 0 Å². The zero-order valence-corrected chi connectivity index (χ0v) is 21.6. The van der Waals surface area contributed by atoms with Crippen LogP contribution in [-0.2, 0) is 15.4 Å². The van der Waals surface area contributed by atoms with Gasteiger partial charge in [0.2, 0.25) is 0 Å². The van der Waals surface area contributed by atoms with Crippen molar-refractivity contribution in [1.29, 1.82) is 0 Å². The van der Waals surface area contributed by atoms with Crippen molar-refractivity contribution in [2.45, 2.75) is 78.3 Å². The quantitative estimate of drug-likeness (QED) is 0.438. The molecule has 0 radical (unpaired) electrons. The van der Waals surface area contributed by atoms with Gasteiger partial charge in [-0.2, -0.15) is 0 Å². The molecule has 0 N–H and O–H groups in total. The molecule has 0 aliphatic carbocycles. The third-order valence-electron chi connectivity index (χ3n) is 6.66. The van der Waals surface area contributed by atoms with Gasteiger partial charge in [0, 0.05) is 18.4 Å². The van der Waals surface area contributed by atoms with Gasteiger partial charge in [-0.25, -0.2) is 4.67 Å². The minimum Gasteiger partial charge on any atom is -0.301 e. The molecule has 1 aliphatic heterocycles. The van der Waals surface area contributed by atoms with Crippen LogP contribution in [-0.4, -0.2) is 17.8 Å². The van der Waals surface area contributed by atoms with Crippen molar-refractivity contribution < 1.29 is 4.57 Å². The molecule has 1 heterocycles. The predicted molar refractivity (Wildman–Crippen MR) is 136 cm³/mol. The smallest absolute Gasteiger partial charge is 0.186 e. The fourth-order valence-corrected chi connectivity index (χ4v) is 8.37. The summed E-state index contributed by atoms with van der Waals surface area (Å²) >= 11 is 0. The Kier molecular flexibility index (Phi) is 6.76. The minimum atomic E-state index is -2.76. The first kappa shape index (κ1) is 24.0. The van der Waals surface area contributed by atoms with Crippen molar-refractivity contribution in [2.24, 2.45) is 0 Å². The number of hydrogen-bond acceptors (Lipinski definition) is 1. The highest BCUT2D eigenvalue weighted by molar-refractivity contribution is 7.72. The van der Waals surface area contributed by atoms with Crippen LogP contribution in [0.3, 0.4) is 0 Å². The van der Waals surface area contributed by atoms with Crippen LogP contribution >= 0.6 is 7.29 Å². The second kappa shape index (κ2) is 8.72. The average Bonchev–Trinajstić information content (AvgIpc) is 3.05. The van der Waals surface area contributed by atoms with Gasteiger partial charge in [0.15, 0.2) is 7.29 Å². The Hall–Kier alpha value is -1.63. The van der Waals surface area contributed by atoms with Crippen molar-refractivity contribution in [3.05, 3.63) is 76.9 Å². The highest BCUT2D eigenvalue weighted by atomic mass is 31.2. The van der Waals surface area contributed by atoms with Crippen molar-refractivity contribution >= 4 is 12.6 Å². The molecule has 168 valence electrons. The van der Waals surface area contributed by atoms with Crippen molar-refractivity contribution in [1.82, 2.24) is 4.67 Å². The lowest BCUT2D eigenvalue weighted by molar-refractivity contribution is 0.444.